The fourth-order valence-electron chi connectivity index (χ4n) is 2.03. The minimum absolute atomic E-state index is 0.133. The van der Waals surface area contributed by atoms with Crippen molar-refractivity contribution < 1.29 is 14.5 Å². The van der Waals surface area contributed by atoms with Gasteiger partial charge in [0.1, 0.15) is 5.75 Å². The number of hydrogen-bond acceptors (Lipinski definition) is 5. The Labute approximate surface area is 126 Å². The number of nitrogens with one attached hydrogen (secondary N) is 1. The average Bonchev–Trinajstić information content (AvgIpc) is 2.88. The molecule has 8 heteroatoms. The van der Waals surface area contributed by atoms with Gasteiger partial charge in [-0.3, -0.25) is 19.6 Å². The number of rotatable bonds is 5. The van der Waals surface area contributed by atoms with Crippen molar-refractivity contribution in [3.05, 3.63) is 45.8 Å². The number of amides is 1. The lowest BCUT2D eigenvalue weighted by Gasteiger charge is -2.08. The predicted molar refractivity (Wildman–Crippen MR) is 80.2 cm³/mol. The van der Waals surface area contributed by atoms with E-state index in [4.69, 9.17) is 4.74 Å². The lowest BCUT2D eigenvalue weighted by atomic mass is 10.2. The number of nitro benzene ring substituents is 1. The third kappa shape index (κ3) is 3.05. The highest BCUT2D eigenvalue weighted by atomic mass is 16.6. The average molecular weight is 304 g/mol. The van der Waals surface area contributed by atoms with Gasteiger partial charge in [0.05, 0.1) is 17.7 Å². The van der Waals surface area contributed by atoms with E-state index in [9.17, 15) is 14.9 Å². The van der Waals surface area contributed by atoms with Crippen LogP contribution in [0, 0.1) is 17.0 Å². The number of nitrogens with zero attached hydrogens (tertiary/aromatic N) is 3. The van der Waals surface area contributed by atoms with Crippen LogP contribution < -0.4 is 10.1 Å². The zero-order valence-electron chi connectivity index (χ0n) is 12.5. The molecule has 1 N–H and O–H groups in total. The molecule has 2 rings (SSSR count). The molecule has 116 valence electrons. The van der Waals surface area contributed by atoms with Crippen molar-refractivity contribution in [3.63, 3.8) is 0 Å². The molecule has 2 aromatic rings. The van der Waals surface area contributed by atoms with Crippen molar-refractivity contribution in [2.24, 2.45) is 0 Å². The molecule has 0 unspecified atom stereocenters. The van der Waals surface area contributed by atoms with Gasteiger partial charge in [0.15, 0.2) is 5.69 Å². The summed E-state index contributed by atoms with van der Waals surface area (Å²) in [5.41, 5.74) is 1.20. The Morgan fingerprint density at radius 1 is 1.45 bits per heavy atom. The molecule has 0 atom stereocenters. The lowest BCUT2D eigenvalue weighted by molar-refractivity contribution is -0.384. The van der Waals surface area contributed by atoms with E-state index in [2.05, 4.69) is 10.4 Å². The largest absolute Gasteiger partial charge is 0.495 e. The first-order chi connectivity index (χ1) is 10.5. The second kappa shape index (κ2) is 6.25. The number of aromatic nitrogens is 2. The zero-order valence-corrected chi connectivity index (χ0v) is 12.5. The highest BCUT2D eigenvalue weighted by molar-refractivity contribution is 6.04. The van der Waals surface area contributed by atoms with Crippen molar-refractivity contribution in [2.45, 2.75) is 20.4 Å². The highest BCUT2D eigenvalue weighted by Crippen LogP contribution is 2.29. The molecule has 1 heterocycles. The van der Waals surface area contributed by atoms with Gasteiger partial charge in [-0.15, -0.1) is 0 Å². The Kier molecular flexibility index (Phi) is 4.40. The summed E-state index contributed by atoms with van der Waals surface area (Å²) in [4.78, 5) is 22.5. The van der Waals surface area contributed by atoms with Crippen LogP contribution in [-0.2, 0) is 6.54 Å². The van der Waals surface area contributed by atoms with E-state index in [-0.39, 0.29) is 17.1 Å². The normalized spacial score (nSPS) is 10.3. The Morgan fingerprint density at radius 2 is 2.18 bits per heavy atom. The fraction of sp³-hybridized carbons (Fsp3) is 0.286. The molecule has 0 bridgehead atoms. The van der Waals surface area contributed by atoms with Gasteiger partial charge in [-0.2, -0.15) is 5.10 Å². The number of benzene rings is 1. The SMILES string of the molecule is CCn1nc(C(=O)Nc2cc([N+](=O)[O-])ccc2OC)cc1C. The van der Waals surface area contributed by atoms with E-state index < -0.39 is 10.8 Å². The summed E-state index contributed by atoms with van der Waals surface area (Å²) >= 11 is 0. The molecule has 0 saturated heterocycles. The van der Waals surface area contributed by atoms with Gasteiger partial charge in [0, 0.05) is 24.4 Å². The summed E-state index contributed by atoms with van der Waals surface area (Å²) < 4.78 is 6.80. The van der Waals surface area contributed by atoms with Crippen molar-refractivity contribution in [3.8, 4) is 5.75 Å². The standard InChI is InChI=1S/C14H16N4O4/c1-4-17-9(2)7-12(16-17)14(19)15-11-8-10(18(20)21)5-6-13(11)22-3/h5-8H,4H2,1-3H3,(H,15,19). The van der Waals surface area contributed by atoms with Crippen molar-refractivity contribution in [2.75, 3.05) is 12.4 Å². The summed E-state index contributed by atoms with van der Waals surface area (Å²) in [6, 6.07) is 5.65. The number of methoxy groups -OCH3 is 1. The molecule has 1 aromatic heterocycles. The lowest BCUT2D eigenvalue weighted by Crippen LogP contribution is -2.14. The zero-order chi connectivity index (χ0) is 16.3. The molecule has 0 fully saturated rings. The Bertz CT molecular complexity index is 724. The molecule has 1 aromatic carbocycles. The van der Waals surface area contributed by atoms with E-state index in [0.717, 1.165) is 5.69 Å². The number of nitro groups is 1. The monoisotopic (exact) mass is 304 g/mol. The van der Waals surface area contributed by atoms with Crippen LogP contribution in [-0.4, -0.2) is 27.7 Å². The number of anilines is 1. The van der Waals surface area contributed by atoms with Gasteiger partial charge in [0.25, 0.3) is 11.6 Å². The van der Waals surface area contributed by atoms with E-state index in [1.54, 1.807) is 10.7 Å². The molecular formula is C14H16N4O4. The van der Waals surface area contributed by atoms with Crippen LogP contribution in [0.4, 0.5) is 11.4 Å². The second-order valence-corrected chi connectivity index (χ2v) is 4.58. The summed E-state index contributed by atoms with van der Waals surface area (Å²) in [7, 11) is 1.42. The van der Waals surface area contributed by atoms with Crippen molar-refractivity contribution in [1.29, 1.82) is 0 Å². The molecule has 22 heavy (non-hydrogen) atoms. The Hall–Kier alpha value is -2.90. The van der Waals surface area contributed by atoms with E-state index >= 15 is 0 Å². The fourth-order valence-corrected chi connectivity index (χ4v) is 2.03. The maximum absolute atomic E-state index is 12.2. The number of hydrogen-bond donors (Lipinski definition) is 1. The molecule has 0 saturated carbocycles. The first-order valence-electron chi connectivity index (χ1n) is 6.64. The topological polar surface area (TPSA) is 99.3 Å². The van der Waals surface area contributed by atoms with Gasteiger partial charge < -0.3 is 10.1 Å². The minimum Gasteiger partial charge on any atom is -0.495 e. The van der Waals surface area contributed by atoms with Crippen LogP contribution in [0.25, 0.3) is 0 Å². The van der Waals surface area contributed by atoms with E-state index in [0.29, 0.717) is 12.3 Å². The Balaban J connectivity index is 2.30. The van der Waals surface area contributed by atoms with Gasteiger partial charge in [-0.25, -0.2) is 0 Å². The molecule has 8 nitrogen and oxygen atoms in total. The molecular weight excluding hydrogens is 288 g/mol. The van der Waals surface area contributed by atoms with Crippen LogP contribution in [0.15, 0.2) is 24.3 Å². The quantitative estimate of drug-likeness (QED) is 0.675. The summed E-state index contributed by atoms with van der Waals surface area (Å²) in [6.45, 7) is 4.42. The third-order valence-electron chi connectivity index (χ3n) is 3.16. The third-order valence-corrected chi connectivity index (χ3v) is 3.16. The second-order valence-electron chi connectivity index (χ2n) is 4.58. The van der Waals surface area contributed by atoms with Crippen molar-refractivity contribution in [1.82, 2.24) is 9.78 Å². The maximum Gasteiger partial charge on any atom is 0.276 e. The predicted octanol–water partition coefficient (Wildman–Crippen LogP) is 2.38. The van der Waals surface area contributed by atoms with E-state index in [1.165, 1.54) is 25.3 Å². The number of aryl methyl sites for hydroxylation is 2. The number of carbonyl (C=O) groups is 1. The van der Waals surface area contributed by atoms with Crippen LogP contribution in [0.3, 0.4) is 0 Å². The number of ether oxygens (including phenoxy) is 1. The van der Waals surface area contributed by atoms with Gasteiger partial charge in [0.2, 0.25) is 0 Å². The molecule has 0 spiro atoms. The van der Waals surface area contributed by atoms with Crippen LogP contribution in [0.1, 0.15) is 23.1 Å². The molecule has 0 radical (unpaired) electrons. The summed E-state index contributed by atoms with van der Waals surface area (Å²) in [5, 5.41) is 17.6. The number of carbonyl (C=O) groups excluding carboxylic acids is 1. The molecule has 1 amide bonds. The summed E-state index contributed by atoms with van der Waals surface area (Å²) in [5.74, 6) is -0.111. The van der Waals surface area contributed by atoms with Crippen molar-refractivity contribution >= 4 is 17.3 Å². The molecule has 0 aliphatic carbocycles. The smallest absolute Gasteiger partial charge is 0.276 e. The van der Waals surface area contributed by atoms with E-state index in [1.807, 2.05) is 13.8 Å². The number of non-ortho nitro benzene ring substituents is 1. The Morgan fingerprint density at radius 3 is 2.73 bits per heavy atom. The van der Waals surface area contributed by atoms with Crippen LogP contribution in [0.5, 0.6) is 5.75 Å². The molecule has 0 aliphatic rings. The first kappa shape index (κ1) is 15.5. The van der Waals surface area contributed by atoms with Gasteiger partial charge in [-0.05, 0) is 26.0 Å². The maximum atomic E-state index is 12.2. The van der Waals surface area contributed by atoms with Gasteiger partial charge >= 0.3 is 0 Å². The highest BCUT2D eigenvalue weighted by Gasteiger charge is 2.17. The van der Waals surface area contributed by atoms with Crippen LogP contribution >= 0.6 is 0 Å². The summed E-state index contributed by atoms with van der Waals surface area (Å²) in [6.07, 6.45) is 0. The molecule has 0 aliphatic heterocycles. The first-order valence-corrected chi connectivity index (χ1v) is 6.64. The van der Waals surface area contributed by atoms with Crippen LogP contribution in [0.2, 0.25) is 0 Å². The minimum atomic E-state index is -0.537. The van der Waals surface area contributed by atoms with Gasteiger partial charge in [-0.1, -0.05) is 0 Å².